The molecule has 0 saturated carbocycles. The molecule has 0 aliphatic carbocycles. The van der Waals surface area contributed by atoms with Crippen LogP contribution in [0.3, 0.4) is 0 Å². The summed E-state index contributed by atoms with van der Waals surface area (Å²) in [6, 6.07) is 5.42. The molecule has 2 amide bonds. The van der Waals surface area contributed by atoms with Gasteiger partial charge in [-0.25, -0.2) is 0 Å². The van der Waals surface area contributed by atoms with Gasteiger partial charge in [-0.2, -0.15) is 0 Å². The molecule has 20 heavy (non-hydrogen) atoms. The van der Waals surface area contributed by atoms with Crippen molar-refractivity contribution in [2.75, 3.05) is 18.5 Å². The van der Waals surface area contributed by atoms with E-state index in [2.05, 4.69) is 5.32 Å². The number of nitrogens with two attached hydrogens (primary N) is 1. The van der Waals surface area contributed by atoms with E-state index in [1.165, 1.54) is 4.90 Å². The number of benzene rings is 1. The third kappa shape index (κ3) is 2.60. The van der Waals surface area contributed by atoms with E-state index >= 15 is 0 Å². The summed E-state index contributed by atoms with van der Waals surface area (Å²) in [4.78, 5) is 25.4. The number of likely N-dealkylation sites (N-methyl/N-ethyl adjacent to an activating group) is 1. The van der Waals surface area contributed by atoms with Crippen molar-refractivity contribution < 1.29 is 14.3 Å². The molecule has 3 N–H and O–H groups in total. The normalized spacial score (nSPS) is 17.4. The first-order chi connectivity index (χ1) is 9.60. The number of nitrogens with one attached hydrogen (secondary N) is 1. The second kappa shape index (κ2) is 5.92. The van der Waals surface area contributed by atoms with Gasteiger partial charge in [0.1, 0.15) is 12.3 Å². The summed E-state index contributed by atoms with van der Waals surface area (Å²) >= 11 is 0. The Morgan fingerprint density at radius 3 is 2.85 bits per heavy atom. The van der Waals surface area contributed by atoms with Crippen LogP contribution >= 0.6 is 0 Å². The smallest absolute Gasteiger partial charge is 0.268 e. The Hall–Kier alpha value is -2.08. The molecular weight excluding hydrogens is 258 g/mol. The molecule has 6 nitrogen and oxygen atoms in total. The van der Waals surface area contributed by atoms with Crippen molar-refractivity contribution in [2.45, 2.75) is 26.0 Å². The maximum Gasteiger partial charge on any atom is 0.268 e. The van der Waals surface area contributed by atoms with Gasteiger partial charge < -0.3 is 15.8 Å². The zero-order valence-electron chi connectivity index (χ0n) is 11.7. The van der Waals surface area contributed by atoms with Crippen molar-refractivity contribution in [3.8, 4) is 5.75 Å². The summed E-state index contributed by atoms with van der Waals surface area (Å²) in [5, 5.41) is 2.53. The highest BCUT2D eigenvalue weighted by Gasteiger charge is 2.34. The molecule has 1 aliphatic rings. The highest BCUT2D eigenvalue weighted by molar-refractivity contribution is 6.03. The Morgan fingerprint density at radius 1 is 1.50 bits per heavy atom. The van der Waals surface area contributed by atoms with Gasteiger partial charge in [0.05, 0.1) is 5.69 Å². The molecule has 0 saturated heterocycles. The number of hydrogen-bond acceptors (Lipinski definition) is 4. The predicted octanol–water partition coefficient (Wildman–Crippen LogP) is 0.395. The fourth-order valence-electron chi connectivity index (χ4n) is 2.14. The minimum Gasteiger partial charge on any atom is -0.478 e. The minimum absolute atomic E-state index is 0.00976. The average Bonchev–Trinajstić information content (AvgIpc) is 2.48. The largest absolute Gasteiger partial charge is 0.478 e. The Bertz CT molecular complexity index is 530. The predicted molar refractivity (Wildman–Crippen MR) is 75.5 cm³/mol. The number of carbonyl (C=O) groups is 2. The van der Waals surface area contributed by atoms with Gasteiger partial charge in [0, 0.05) is 13.6 Å². The molecule has 0 radical (unpaired) electrons. The van der Waals surface area contributed by atoms with Gasteiger partial charge in [-0.05, 0) is 24.1 Å². The highest BCUT2D eigenvalue weighted by atomic mass is 16.5. The van der Waals surface area contributed by atoms with E-state index in [1.54, 1.807) is 13.1 Å². The maximum absolute atomic E-state index is 12.3. The summed E-state index contributed by atoms with van der Waals surface area (Å²) in [7, 11) is 1.54. The Kier molecular flexibility index (Phi) is 4.24. The Balaban J connectivity index is 2.40. The summed E-state index contributed by atoms with van der Waals surface area (Å²) in [5.74, 6) is 0.191. The highest BCUT2D eigenvalue weighted by Crippen LogP contribution is 2.35. The summed E-state index contributed by atoms with van der Waals surface area (Å²) < 4.78 is 5.70. The third-order valence-corrected chi connectivity index (χ3v) is 3.31. The molecule has 0 bridgehead atoms. The number of ether oxygens (including phenoxy) is 1. The van der Waals surface area contributed by atoms with Crippen LogP contribution < -0.4 is 20.7 Å². The van der Waals surface area contributed by atoms with Crippen molar-refractivity contribution in [2.24, 2.45) is 5.73 Å². The molecule has 0 spiro atoms. The molecule has 1 unspecified atom stereocenters. The van der Waals surface area contributed by atoms with Gasteiger partial charge in [0.2, 0.25) is 5.91 Å². The summed E-state index contributed by atoms with van der Waals surface area (Å²) in [6.07, 6.45) is -0.00443. The van der Waals surface area contributed by atoms with Crippen LogP contribution in [0, 0.1) is 0 Å². The lowest BCUT2D eigenvalue weighted by Gasteiger charge is -2.33. The zero-order valence-corrected chi connectivity index (χ0v) is 11.7. The van der Waals surface area contributed by atoms with Gasteiger partial charge >= 0.3 is 0 Å². The molecule has 108 valence electrons. The topological polar surface area (TPSA) is 84.7 Å². The quantitative estimate of drug-likeness (QED) is 0.834. The average molecular weight is 277 g/mol. The molecule has 0 aromatic heterocycles. The van der Waals surface area contributed by atoms with E-state index < -0.39 is 6.10 Å². The number of amides is 2. The number of anilines is 1. The maximum atomic E-state index is 12.3. The van der Waals surface area contributed by atoms with Crippen LogP contribution in [-0.2, 0) is 16.1 Å². The monoisotopic (exact) mass is 277 g/mol. The van der Waals surface area contributed by atoms with Crippen LogP contribution in [0.15, 0.2) is 18.2 Å². The number of nitrogens with zero attached hydrogens (tertiary/aromatic N) is 1. The van der Waals surface area contributed by atoms with Crippen LogP contribution in [0.2, 0.25) is 0 Å². The SMILES string of the molecule is CCC1Oc2cc(CN)ccc2N(CC(=O)NC)C1=O. The number of hydrogen-bond donors (Lipinski definition) is 2. The number of fused-ring (bicyclic) bond motifs is 1. The van der Waals surface area contributed by atoms with Crippen molar-refractivity contribution in [3.05, 3.63) is 23.8 Å². The first-order valence-corrected chi connectivity index (χ1v) is 6.62. The first-order valence-electron chi connectivity index (χ1n) is 6.62. The fraction of sp³-hybridized carbons (Fsp3) is 0.429. The van der Waals surface area contributed by atoms with E-state index in [1.807, 2.05) is 19.1 Å². The van der Waals surface area contributed by atoms with Crippen molar-refractivity contribution >= 4 is 17.5 Å². The summed E-state index contributed by atoms with van der Waals surface area (Å²) in [6.45, 7) is 2.26. The van der Waals surface area contributed by atoms with Gasteiger partial charge in [0.15, 0.2) is 6.10 Å². The fourth-order valence-corrected chi connectivity index (χ4v) is 2.14. The van der Waals surface area contributed by atoms with E-state index in [0.717, 1.165) is 5.56 Å². The van der Waals surface area contributed by atoms with E-state index in [0.29, 0.717) is 24.4 Å². The van der Waals surface area contributed by atoms with Crippen LogP contribution in [0.5, 0.6) is 5.75 Å². The van der Waals surface area contributed by atoms with Gasteiger partial charge in [0.25, 0.3) is 5.91 Å². The Morgan fingerprint density at radius 2 is 2.25 bits per heavy atom. The number of rotatable bonds is 4. The second-order valence-electron chi connectivity index (χ2n) is 4.62. The van der Waals surface area contributed by atoms with Crippen LogP contribution in [0.4, 0.5) is 5.69 Å². The van der Waals surface area contributed by atoms with E-state index in [-0.39, 0.29) is 18.4 Å². The van der Waals surface area contributed by atoms with Gasteiger partial charge in [-0.3, -0.25) is 14.5 Å². The van der Waals surface area contributed by atoms with Crippen LogP contribution in [0.25, 0.3) is 0 Å². The third-order valence-electron chi connectivity index (χ3n) is 3.31. The molecule has 1 aromatic rings. The first kappa shape index (κ1) is 14.3. The standard InChI is InChI=1S/C14H19N3O3/c1-3-11-14(19)17(8-13(18)16-2)10-5-4-9(7-15)6-12(10)20-11/h4-6,11H,3,7-8,15H2,1-2H3,(H,16,18). The second-order valence-corrected chi connectivity index (χ2v) is 4.62. The molecule has 2 rings (SSSR count). The van der Waals surface area contributed by atoms with Crippen molar-refractivity contribution in [1.29, 1.82) is 0 Å². The van der Waals surface area contributed by atoms with Crippen LogP contribution in [0.1, 0.15) is 18.9 Å². The van der Waals surface area contributed by atoms with Crippen molar-refractivity contribution in [1.82, 2.24) is 5.32 Å². The minimum atomic E-state index is -0.555. The van der Waals surface area contributed by atoms with E-state index in [9.17, 15) is 9.59 Å². The number of carbonyl (C=O) groups excluding carboxylic acids is 2. The lowest BCUT2D eigenvalue weighted by Crippen LogP contribution is -2.49. The van der Waals surface area contributed by atoms with E-state index in [4.69, 9.17) is 10.5 Å². The van der Waals surface area contributed by atoms with Crippen LogP contribution in [-0.4, -0.2) is 31.5 Å². The van der Waals surface area contributed by atoms with Gasteiger partial charge in [-0.1, -0.05) is 13.0 Å². The van der Waals surface area contributed by atoms with Gasteiger partial charge in [-0.15, -0.1) is 0 Å². The lowest BCUT2D eigenvalue weighted by atomic mass is 10.1. The molecule has 1 heterocycles. The molecule has 1 aromatic carbocycles. The zero-order chi connectivity index (χ0) is 14.7. The molecule has 1 atom stereocenters. The summed E-state index contributed by atoms with van der Waals surface area (Å²) in [5.41, 5.74) is 7.15. The van der Waals surface area contributed by atoms with Crippen molar-refractivity contribution in [3.63, 3.8) is 0 Å². The Labute approximate surface area is 117 Å². The molecule has 6 heteroatoms. The molecule has 1 aliphatic heterocycles. The molecular formula is C14H19N3O3. The molecule has 0 fully saturated rings. The lowest BCUT2D eigenvalue weighted by molar-refractivity contribution is -0.128.